The fourth-order valence-electron chi connectivity index (χ4n) is 3.56. The Balaban J connectivity index is 1.45. The summed E-state index contributed by atoms with van der Waals surface area (Å²) < 4.78 is 66.8. The van der Waals surface area contributed by atoms with Crippen molar-refractivity contribution in [2.75, 3.05) is 26.2 Å². The molecule has 3 rings (SSSR count). The molecule has 1 heterocycles. The van der Waals surface area contributed by atoms with E-state index in [1.807, 2.05) is 4.72 Å². The van der Waals surface area contributed by atoms with Gasteiger partial charge in [-0.1, -0.05) is 17.7 Å². The molecule has 13 heteroatoms. The number of hydrogen-bond acceptors (Lipinski definition) is 6. The lowest BCUT2D eigenvalue weighted by atomic mass is 10.0. The number of amides is 3. The number of carbonyl (C=O) groups excluding carboxylic acids is 2. The molecule has 0 aromatic heterocycles. The van der Waals surface area contributed by atoms with Crippen LogP contribution in [0.3, 0.4) is 0 Å². The zero-order valence-electron chi connectivity index (χ0n) is 18.9. The quantitative estimate of drug-likeness (QED) is 0.481. The van der Waals surface area contributed by atoms with Crippen molar-refractivity contribution < 1.29 is 31.2 Å². The van der Waals surface area contributed by atoms with Crippen molar-refractivity contribution in [3.8, 4) is 0 Å². The van der Waals surface area contributed by atoms with Gasteiger partial charge < -0.3 is 10.6 Å². The van der Waals surface area contributed by atoms with Crippen molar-refractivity contribution in [1.29, 1.82) is 0 Å². The summed E-state index contributed by atoms with van der Waals surface area (Å²) >= 11 is 0. The van der Waals surface area contributed by atoms with Crippen LogP contribution in [0.1, 0.15) is 17.5 Å². The number of aryl methyl sites for hydroxylation is 1. The highest BCUT2D eigenvalue weighted by Gasteiger charge is 2.25. The summed E-state index contributed by atoms with van der Waals surface area (Å²) in [5.41, 5.74) is 9.11. The van der Waals surface area contributed by atoms with Crippen molar-refractivity contribution in [2.24, 2.45) is 5.73 Å². The summed E-state index contributed by atoms with van der Waals surface area (Å²) in [6, 6.07) is 5.43. The van der Waals surface area contributed by atoms with Crippen LogP contribution in [0.15, 0.2) is 41.3 Å². The Morgan fingerprint density at radius 2 is 1.60 bits per heavy atom. The predicted octanol–water partition coefficient (Wildman–Crippen LogP) is 1.42. The van der Waals surface area contributed by atoms with E-state index in [2.05, 4.69) is 5.43 Å². The molecule has 4 N–H and O–H groups in total. The molecule has 0 aliphatic carbocycles. The maximum Gasteiger partial charge on any atom is 0.343 e. The Kier molecular flexibility index (Phi) is 8.35. The van der Waals surface area contributed by atoms with Gasteiger partial charge in [-0.25, -0.2) is 36.1 Å². The highest BCUT2D eigenvalue weighted by Crippen LogP contribution is 2.16. The first-order valence-corrected chi connectivity index (χ1v) is 12.2. The first-order valence-electron chi connectivity index (χ1n) is 10.8. The number of piperazine rings is 1. The van der Waals surface area contributed by atoms with Gasteiger partial charge in [-0.15, -0.1) is 0 Å². The maximum atomic E-state index is 13.8. The number of nitrogens with two attached hydrogens (primary N) is 1. The number of benzene rings is 2. The average molecular weight is 514 g/mol. The van der Waals surface area contributed by atoms with Crippen LogP contribution in [0, 0.1) is 24.4 Å². The van der Waals surface area contributed by atoms with E-state index in [0.29, 0.717) is 6.07 Å². The number of nitrogens with zero attached hydrogens (tertiary/aromatic N) is 2. The summed E-state index contributed by atoms with van der Waals surface area (Å²) in [5.74, 6) is -3.75. The third-order valence-electron chi connectivity index (χ3n) is 5.46. The van der Waals surface area contributed by atoms with E-state index in [4.69, 9.17) is 5.73 Å². The molecule has 190 valence electrons. The second-order valence-electron chi connectivity index (χ2n) is 8.25. The molecule has 0 saturated carbocycles. The van der Waals surface area contributed by atoms with Crippen molar-refractivity contribution >= 4 is 22.0 Å². The van der Waals surface area contributed by atoms with E-state index >= 15 is 0 Å². The van der Waals surface area contributed by atoms with Crippen LogP contribution in [0.4, 0.5) is 18.0 Å². The monoisotopic (exact) mass is 513 g/mol. The first kappa shape index (κ1) is 26.4. The third-order valence-corrected chi connectivity index (χ3v) is 6.81. The number of hydrazine groups is 1. The van der Waals surface area contributed by atoms with Crippen LogP contribution in [0.2, 0.25) is 0 Å². The Morgan fingerprint density at radius 3 is 2.23 bits per heavy atom. The lowest BCUT2D eigenvalue weighted by Crippen LogP contribution is -2.57. The number of sulfonamides is 1. The summed E-state index contributed by atoms with van der Waals surface area (Å²) in [4.78, 5) is 26.1. The van der Waals surface area contributed by atoms with E-state index in [0.717, 1.165) is 11.6 Å². The van der Waals surface area contributed by atoms with Gasteiger partial charge in [0.1, 0.15) is 5.82 Å². The van der Waals surface area contributed by atoms with E-state index < -0.39 is 39.5 Å². The van der Waals surface area contributed by atoms with E-state index in [-0.39, 0.29) is 55.4 Å². The van der Waals surface area contributed by atoms with Gasteiger partial charge in [-0.3, -0.25) is 10.2 Å². The Hall–Kier alpha value is -3.16. The summed E-state index contributed by atoms with van der Waals surface area (Å²) in [7, 11) is -4.04. The molecule has 0 unspecified atom stereocenters. The van der Waals surface area contributed by atoms with Crippen molar-refractivity contribution in [1.82, 2.24) is 20.1 Å². The molecule has 2 aromatic rings. The number of hydrogen-bond donors (Lipinski definition) is 3. The molecule has 1 aliphatic rings. The van der Waals surface area contributed by atoms with Gasteiger partial charge in [-0.05, 0) is 37.1 Å². The van der Waals surface area contributed by atoms with E-state index in [1.54, 1.807) is 19.1 Å². The van der Waals surface area contributed by atoms with Gasteiger partial charge in [0.25, 0.3) is 10.0 Å². The minimum absolute atomic E-state index is 0.0479. The standard InChI is InChI=1S/C22H26F3N5O4S/c1-14-2-4-17(5-3-14)35(33,34)28-22(32)27-30-8-6-29(7-9-30)21(31)12-16(26)10-15-11-19(24)20(25)13-18(15)23/h2-5,11,13,16H,6-10,12,26H2,1H3,(H2,27,28,32)/t16-/m1/s1. The van der Waals surface area contributed by atoms with Gasteiger partial charge in [0.05, 0.1) is 4.90 Å². The zero-order chi connectivity index (χ0) is 25.8. The molecule has 1 aliphatic heterocycles. The Bertz CT molecular complexity index is 1190. The van der Waals surface area contributed by atoms with Crippen molar-refractivity contribution in [3.63, 3.8) is 0 Å². The topological polar surface area (TPSA) is 125 Å². The number of rotatable bonds is 7. The molecule has 0 spiro atoms. The number of urea groups is 1. The largest absolute Gasteiger partial charge is 0.343 e. The predicted molar refractivity (Wildman–Crippen MR) is 121 cm³/mol. The molecule has 3 amide bonds. The fourth-order valence-corrected chi connectivity index (χ4v) is 4.46. The molecule has 9 nitrogen and oxygen atoms in total. The second kappa shape index (κ2) is 11.1. The van der Waals surface area contributed by atoms with Gasteiger partial charge in [0.15, 0.2) is 11.6 Å². The summed E-state index contributed by atoms with van der Waals surface area (Å²) in [5, 5.41) is 1.47. The molecular weight excluding hydrogens is 487 g/mol. The molecule has 1 atom stereocenters. The summed E-state index contributed by atoms with van der Waals surface area (Å²) in [6.07, 6.45) is -0.285. The Labute approximate surface area is 201 Å². The SMILES string of the molecule is Cc1ccc(S(=O)(=O)NC(=O)NN2CCN(C(=O)C[C@H](N)Cc3cc(F)c(F)cc3F)CC2)cc1. The van der Waals surface area contributed by atoms with Crippen LogP contribution in [0.5, 0.6) is 0 Å². The molecule has 35 heavy (non-hydrogen) atoms. The van der Waals surface area contributed by atoms with Crippen LogP contribution in [-0.4, -0.2) is 62.5 Å². The molecular formula is C22H26F3N5O4S. The lowest BCUT2D eigenvalue weighted by Gasteiger charge is -2.35. The smallest absolute Gasteiger partial charge is 0.340 e. The van der Waals surface area contributed by atoms with Gasteiger partial charge in [-0.2, -0.15) is 0 Å². The van der Waals surface area contributed by atoms with Crippen LogP contribution in [-0.2, 0) is 21.2 Å². The average Bonchev–Trinajstić information content (AvgIpc) is 2.77. The number of carbonyl (C=O) groups is 2. The molecule has 1 fully saturated rings. The minimum atomic E-state index is -4.04. The van der Waals surface area contributed by atoms with E-state index in [1.165, 1.54) is 22.0 Å². The normalized spacial score (nSPS) is 15.5. The minimum Gasteiger partial charge on any atom is -0.340 e. The molecule has 1 saturated heterocycles. The lowest BCUT2D eigenvalue weighted by molar-refractivity contribution is -0.133. The first-order chi connectivity index (χ1) is 16.4. The molecule has 0 radical (unpaired) electrons. The van der Waals surface area contributed by atoms with Gasteiger partial charge >= 0.3 is 6.03 Å². The van der Waals surface area contributed by atoms with Gasteiger partial charge in [0.2, 0.25) is 5.91 Å². The van der Waals surface area contributed by atoms with Crippen molar-refractivity contribution in [2.45, 2.75) is 30.7 Å². The second-order valence-corrected chi connectivity index (χ2v) is 9.94. The fraction of sp³-hybridized carbons (Fsp3) is 0.364. The third kappa shape index (κ3) is 7.16. The highest BCUT2D eigenvalue weighted by atomic mass is 32.2. The summed E-state index contributed by atoms with van der Waals surface area (Å²) in [6.45, 7) is 2.74. The number of halogens is 3. The molecule has 2 aromatic carbocycles. The van der Waals surface area contributed by atoms with Crippen LogP contribution in [0.25, 0.3) is 0 Å². The Morgan fingerprint density at radius 1 is 1.00 bits per heavy atom. The highest BCUT2D eigenvalue weighted by molar-refractivity contribution is 7.90. The van der Waals surface area contributed by atoms with Crippen molar-refractivity contribution in [3.05, 3.63) is 65.0 Å². The van der Waals surface area contributed by atoms with Crippen LogP contribution >= 0.6 is 0 Å². The zero-order valence-corrected chi connectivity index (χ0v) is 19.7. The molecule has 0 bridgehead atoms. The maximum absolute atomic E-state index is 13.8. The van der Waals surface area contributed by atoms with Crippen LogP contribution < -0.4 is 15.9 Å². The van der Waals surface area contributed by atoms with Gasteiger partial charge in [0, 0.05) is 44.7 Å². The number of nitrogens with one attached hydrogen (secondary N) is 2. The van der Waals surface area contributed by atoms with E-state index in [9.17, 15) is 31.2 Å².